The molecule has 0 radical (unpaired) electrons. The summed E-state index contributed by atoms with van der Waals surface area (Å²) in [4.78, 5) is 4.28. The molecule has 1 aromatic carbocycles. The number of aromatic nitrogens is 2. The third kappa shape index (κ3) is 3.07. The van der Waals surface area contributed by atoms with E-state index >= 15 is 0 Å². The van der Waals surface area contributed by atoms with Crippen LogP contribution in [0.2, 0.25) is 0 Å². The summed E-state index contributed by atoms with van der Waals surface area (Å²) in [5, 5.41) is 13.1. The molecular formula is C13H16N2O3. The number of rotatable bonds is 5. The molecule has 0 aliphatic heterocycles. The largest absolute Gasteiger partial charge is 0.508 e. The Morgan fingerprint density at radius 2 is 2.06 bits per heavy atom. The molecule has 1 unspecified atom stereocenters. The second-order valence-electron chi connectivity index (χ2n) is 3.99. The predicted octanol–water partition coefficient (Wildman–Crippen LogP) is 2.46. The SMILES string of the molecule is CCOC(C)c1noc(Cc2ccc(O)cc2)n1. The van der Waals surface area contributed by atoms with Crippen LogP contribution in [0, 0.1) is 0 Å². The average molecular weight is 248 g/mol. The van der Waals surface area contributed by atoms with E-state index in [1.165, 1.54) is 0 Å². The molecule has 2 rings (SSSR count). The zero-order valence-electron chi connectivity index (χ0n) is 10.5. The lowest BCUT2D eigenvalue weighted by Crippen LogP contribution is -2.01. The Bertz CT molecular complexity index is 493. The number of hydrogen-bond acceptors (Lipinski definition) is 5. The first-order chi connectivity index (χ1) is 8.69. The highest BCUT2D eigenvalue weighted by Crippen LogP contribution is 2.16. The molecule has 5 nitrogen and oxygen atoms in total. The monoisotopic (exact) mass is 248 g/mol. The second kappa shape index (κ2) is 5.64. The van der Waals surface area contributed by atoms with E-state index in [2.05, 4.69) is 10.1 Å². The topological polar surface area (TPSA) is 68.4 Å². The summed E-state index contributed by atoms with van der Waals surface area (Å²) in [5.74, 6) is 1.35. The molecule has 1 N–H and O–H groups in total. The van der Waals surface area contributed by atoms with Crippen LogP contribution in [0.25, 0.3) is 0 Å². The Labute approximate surface area is 105 Å². The van der Waals surface area contributed by atoms with E-state index in [0.29, 0.717) is 24.7 Å². The molecule has 0 fully saturated rings. The van der Waals surface area contributed by atoms with Crippen molar-refractivity contribution >= 4 is 0 Å². The lowest BCUT2D eigenvalue weighted by molar-refractivity contribution is 0.0683. The molecular weight excluding hydrogens is 232 g/mol. The van der Waals surface area contributed by atoms with Crippen molar-refractivity contribution in [3.8, 4) is 5.75 Å². The molecule has 1 heterocycles. The van der Waals surface area contributed by atoms with Crippen molar-refractivity contribution < 1.29 is 14.4 Å². The highest BCUT2D eigenvalue weighted by Gasteiger charge is 2.13. The summed E-state index contributed by atoms with van der Waals surface area (Å²) in [6, 6.07) is 6.92. The second-order valence-corrected chi connectivity index (χ2v) is 3.99. The molecule has 0 bridgehead atoms. The minimum Gasteiger partial charge on any atom is -0.508 e. The van der Waals surface area contributed by atoms with Crippen LogP contribution in [0.3, 0.4) is 0 Å². The van der Waals surface area contributed by atoms with Crippen molar-refractivity contribution in [3.63, 3.8) is 0 Å². The summed E-state index contributed by atoms with van der Waals surface area (Å²) in [7, 11) is 0. The van der Waals surface area contributed by atoms with Crippen LogP contribution in [-0.4, -0.2) is 21.9 Å². The first kappa shape index (κ1) is 12.6. The van der Waals surface area contributed by atoms with Gasteiger partial charge in [0, 0.05) is 6.61 Å². The minimum absolute atomic E-state index is 0.160. The van der Waals surface area contributed by atoms with E-state index in [1.807, 2.05) is 26.0 Å². The summed E-state index contributed by atoms with van der Waals surface area (Å²) in [5.41, 5.74) is 1.01. The molecule has 0 amide bonds. The number of benzene rings is 1. The molecule has 1 atom stereocenters. The molecule has 1 aromatic heterocycles. The quantitative estimate of drug-likeness (QED) is 0.880. The number of ether oxygens (including phenoxy) is 1. The smallest absolute Gasteiger partial charge is 0.231 e. The van der Waals surface area contributed by atoms with Crippen molar-refractivity contribution in [2.75, 3.05) is 6.61 Å². The molecule has 0 aliphatic rings. The predicted molar refractivity (Wildman–Crippen MR) is 65.3 cm³/mol. The Morgan fingerprint density at radius 3 is 2.72 bits per heavy atom. The fourth-order valence-electron chi connectivity index (χ4n) is 1.62. The van der Waals surface area contributed by atoms with Gasteiger partial charge >= 0.3 is 0 Å². The van der Waals surface area contributed by atoms with E-state index in [9.17, 15) is 5.11 Å². The van der Waals surface area contributed by atoms with E-state index in [-0.39, 0.29) is 11.9 Å². The number of aromatic hydroxyl groups is 1. The van der Waals surface area contributed by atoms with Crippen molar-refractivity contribution in [2.24, 2.45) is 0 Å². The molecule has 2 aromatic rings. The van der Waals surface area contributed by atoms with Gasteiger partial charge in [0.2, 0.25) is 5.89 Å². The zero-order chi connectivity index (χ0) is 13.0. The van der Waals surface area contributed by atoms with Gasteiger partial charge in [-0.3, -0.25) is 0 Å². The maximum absolute atomic E-state index is 9.19. The number of phenolic OH excluding ortho intramolecular Hbond substituents is 1. The van der Waals surface area contributed by atoms with E-state index in [4.69, 9.17) is 9.26 Å². The summed E-state index contributed by atoms with van der Waals surface area (Å²) in [6.07, 6.45) is 0.388. The maximum atomic E-state index is 9.19. The minimum atomic E-state index is -0.160. The van der Waals surface area contributed by atoms with E-state index < -0.39 is 0 Å². The van der Waals surface area contributed by atoms with Crippen molar-refractivity contribution in [2.45, 2.75) is 26.4 Å². The fraction of sp³-hybridized carbons (Fsp3) is 0.385. The van der Waals surface area contributed by atoms with Crippen LogP contribution in [0.5, 0.6) is 5.75 Å². The van der Waals surface area contributed by atoms with Gasteiger partial charge in [-0.1, -0.05) is 17.3 Å². The van der Waals surface area contributed by atoms with Crippen molar-refractivity contribution in [1.82, 2.24) is 10.1 Å². The summed E-state index contributed by atoms with van der Waals surface area (Å²) >= 11 is 0. The fourth-order valence-corrected chi connectivity index (χ4v) is 1.62. The standard InChI is InChI=1S/C13H16N2O3/c1-3-17-9(2)13-14-12(18-15-13)8-10-4-6-11(16)7-5-10/h4-7,9,16H,3,8H2,1-2H3. The number of nitrogens with zero attached hydrogens (tertiary/aromatic N) is 2. The molecule has 0 saturated heterocycles. The van der Waals surface area contributed by atoms with Gasteiger partial charge in [0.1, 0.15) is 11.9 Å². The molecule has 0 spiro atoms. The van der Waals surface area contributed by atoms with Crippen LogP contribution in [0.1, 0.15) is 37.2 Å². The van der Waals surface area contributed by atoms with E-state index in [0.717, 1.165) is 5.56 Å². The first-order valence-corrected chi connectivity index (χ1v) is 5.91. The van der Waals surface area contributed by atoms with Crippen LogP contribution >= 0.6 is 0 Å². The zero-order valence-corrected chi connectivity index (χ0v) is 10.5. The van der Waals surface area contributed by atoms with Gasteiger partial charge in [0.15, 0.2) is 5.82 Å². The molecule has 18 heavy (non-hydrogen) atoms. The van der Waals surface area contributed by atoms with Crippen LogP contribution in [0.15, 0.2) is 28.8 Å². The number of hydrogen-bond donors (Lipinski definition) is 1. The summed E-state index contributed by atoms with van der Waals surface area (Å²) in [6.45, 7) is 4.43. The van der Waals surface area contributed by atoms with Gasteiger partial charge in [-0.25, -0.2) is 0 Å². The van der Waals surface area contributed by atoms with Gasteiger partial charge in [-0.15, -0.1) is 0 Å². The Kier molecular flexibility index (Phi) is 3.94. The lowest BCUT2D eigenvalue weighted by atomic mass is 10.1. The normalized spacial score (nSPS) is 12.6. The number of phenols is 1. The molecule has 0 aliphatic carbocycles. The molecule has 96 valence electrons. The van der Waals surface area contributed by atoms with Crippen LogP contribution in [-0.2, 0) is 11.2 Å². The van der Waals surface area contributed by atoms with Gasteiger partial charge in [0.25, 0.3) is 0 Å². The van der Waals surface area contributed by atoms with Crippen LogP contribution in [0.4, 0.5) is 0 Å². The van der Waals surface area contributed by atoms with Gasteiger partial charge < -0.3 is 14.4 Å². The maximum Gasteiger partial charge on any atom is 0.231 e. The molecule has 0 saturated carbocycles. The van der Waals surface area contributed by atoms with Gasteiger partial charge in [-0.05, 0) is 31.5 Å². The lowest BCUT2D eigenvalue weighted by Gasteiger charge is -2.04. The Hall–Kier alpha value is -1.88. The Balaban J connectivity index is 2.04. The van der Waals surface area contributed by atoms with E-state index in [1.54, 1.807) is 12.1 Å². The summed E-state index contributed by atoms with van der Waals surface area (Å²) < 4.78 is 10.6. The third-order valence-electron chi connectivity index (χ3n) is 2.56. The van der Waals surface area contributed by atoms with Gasteiger partial charge in [-0.2, -0.15) is 4.98 Å². The third-order valence-corrected chi connectivity index (χ3v) is 2.56. The first-order valence-electron chi connectivity index (χ1n) is 5.91. The Morgan fingerprint density at radius 1 is 1.33 bits per heavy atom. The molecule has 5 heteroatoms. The average Bonchev–Trinajstić information content (AvgIpc) is 2.81. The highest BCUT2D eigenvalue weighted by molar-refractivity contribution is 5.27. The van der Waals surface area contributed by atoms with Crippen molar-refractivity contribution in [3.05, 3.63) is 41.5 Å². The van der Waals surface area contributed by atoms with Gasteiger partial charge in [0.05, 0.1) is 6.42 Å². The van der Waals surface area contributed by atoms with Crippen molar-refractivity contribution in [1.29, 1.82) is 0 Å². The van der Waals surface area contributed by atoms with Crippen LogP contribution < -0.4 is 0 Å². The highest BCUT2D eigenvalue weighted by atomic mass is 16.5.